The summed E-state index contributed by atoms with van der Waals surface area (Å²) in [6, 6.07) is 8.78. The van der Waals surface area contributed by atoms with Crippen LogP contribution in [0, 0.1) is 12.8 Å². The van der Waals surface area contributed by atoms with E-state index in [-0.39, 0.29) is 5.91 Å². The number of aromatic nitrogens is 2. The van der Waals surface area contributed by atoms with Crippen LogP contribution in [0.4, 0.5) is 11.5 Å². The summed E-state index contributed by atoms with van der Waals surface area (Å²) in [4.78, 5) is 23.5. The Morgan fingerprint density at radius 2 is 1.88 bits per heavy atom. The average Bonchev–Trinajstić information content (AvgIpc) is 2.57. The van der Waals surface area contributed by atoms with E-state index in [2.05, 4.69) is 27.1 Å². The van der Waals surface area contributed by atoms with Gasteiger partial charge in [0, 0.05) is 29.9 Å². The van der Waals surface area contributed by atoms with Crippen molar-refractivity contribution in [3.8, 4) is 0 Å². The fourth-order valence-corrected chi connectivity index (χ4v) is 2.92. The molecule has 2 aromatic rings. The lowest BCUT2D eigenvalue weighted by Crippen LogP contribution is -2.34. The molecule has 0 spiro atoms. The first-order valence-corrected chi connectivity index (χ1v) is 8.56. The summed E-state index contributed by atoms with van der Waals surface area (Å²) in [6.07, 6.45) is 2.30. The SMILES string of the molecule is Cc1nc(C(=O)Nc2ccc(Cl)cc2)cc(N2CCC(C)CC2)n1. The molecule has 1 amide bonds. The van der Waals surface area contributed by atoms with Gasteiger partial charge in [0.15, 0.2) is 0 Å². The molecule has 1 aliphatic rings. The van der Waals surface area contributed by atoms with Crippen LogP contribution in [0.15, 0.2) is 30.3 Å². The number of nitrogens with one attached hydrogen (secondary N) is 1. The second kappa shape index (κ2) is 7.18. The highest BCUT2D eigenvalue weighted by Crippen LogP contribution is 2.22. The predicted molar refractivity (Wildman–Crippen MR) is 96.8 cm³/mol. The number of anilines is 2. The normalized spacial score (nSPS) is 15.4. The van der Waals surface area contributed by atoms with E-state index >= 15 is 0 Å². The number of hydrogen-bond acceptors (Lipinski definition) is 4. The summed E-state index contributed by atoms with van der Waals surface area (Å²) in [5, 5.41) is 3.48. The first-order chi connectivity index (χ1) is 11.5. The van der Waals surface area contributed by atoms with Gasteiger partial charge in [-0.15, -0.1) is 0 Å². The first-order valence-electron chi connectivity index (χ1n) is 8.19. The highest BCUT2D eigenvalue weighted by Gasteiger charge is 2.19. The van der Waals surface area contributed by atoms with Crippen molar-refractivity contribution in [2.24, 2.45) is 5.92 Å². The Labute approximate surface area is 147 Å². The largest absolute Gasteiger partial charge is 0.356 e. The zero-order chi connectivity index (χ0) is 17.1. The van der Waals surface area contributed by atoms with Crippen LogP contribution in [-0.2, 0) is 0 Å². The van der Waals surface area contributed by atoms with Crippen molar-refractivity contribution in [1.29, 1.82) is 0 Å². The Bertz CT molecular complexity index is 724. The van der Waals surface area contributed by atoms with Gasteiger partial charge in [0.2, 0.25) is 0 Å². The molecule has 126 valence electrons. The molecule has 1 N–H and O–H groups in total. The van der Waals surface area contributed by atoms with Gasteiger partial charge in [0.25, 0.3) is 5.91 Å². The van der Waals surface area contributed by atoms with E-state index < -0.39 is 0 Å². The number of nitrogens with zero attached hydrogens (tertiary/aromatic N) is 3. The molecule has 1 fully saturated rings. The second-order valence-electron chi connectivity index (χ2n) is 6.29. The molecule has 24 heavy (non-hydrogen) atoms. The van der Waals surface area contributed by atoms with Crippen LogP contribution < -0.4 is 10.2 Å². The monoisotopic (exact) mass is 344 g/mol. The number of benzene rings is 1. The third-order valence-electron chi connectivity index (χ3n) is 4.27. The van der Waals surface area contributed by atoms with Crippen molar-refractivity contribution >= 4 is 29.0 Å². The molecule has 0 saturated carbocycles. The highest BCUT2D eigenvalue weighted by atomic mass is 35.5. The molecule has 0 atom stereocenters. The maximum atomic E-state index is 12.5. The molecule has 0 unspecified atom stereocenters. The van der Waals surface area contributed by atoms with Crippen molar-refractivity contribution in [3.05, 3.63) is 46.9 Å². The third-order valence-corrected chi connectivity index (χ3v) is 4.52. The van der Waals surface area contributed by atoms with Gasteiger partial charge in [-0.2, -0.15) is 0 Å². The molecule has 2 heterocycles. The van der Waals surface area contributed by atoms with Gasteiger partial charge in [0.05, 0.1) is 0 Å². The summed E-state index contributed by atoms with van der Waals surface area (Å²) in [6.45, 7) is 6.02. The number of piperidine rings is 1. The Kier molecular flexibility index (Phi) is 5.00. The van der Waals surface area contributed by atoms with Gasteiger partial charge in [-0.25, -0.2) is 9.97 Å². The van der Waals surface area contributed by atoms with Crippen molar-refractivity contribution in [3.63, 3.8) is 0 Å². The van der Waals surface area contributed by atoms with Crippen molar-refractivity contribution in [2.75, 3.05) is 23.3 Å². The number of amides is 1. The maximum absolute atomic E-state index is 12.5. The molecule has 0 radical (unpaired) electrons. The number of halogens is 1. The van der Waals surface area contributed by atoms with E-state index in [1.54, 1.807) is 30.3 Å². The Morgan fingerprint density at radius 1 is 1.21 bits per heavy atom. The summed E-state index contributed by atoms with van der Waals surface area (Å²) >= 11 is 5.86. The minimum atomic E-state index is -0.241. The highest BCUT2D eigenvalue weighted by molar-refractivity contribution is 6.30. The minimum Gasteiger partial charge on any atom is -0.356 e. The molecule has 3 rings (SSSR count). The Hall–Kier alpha value is -2.14. The molecule has 0 aliphatic carbocycles. The first kappa shape index (κ1) is 16.7. The zero-order valence-electron chi connectivity index (χ0n) is 13.9. The third kappa shape index (κ3) is 4.03. The van der Waals surface area contributed by atoms with Crippen LogP contribution in [0.25, 0.3) is 0 Å². The van der Waals surface area contributed by atoms with Crippen LogP contribution in [0.3, 0.4) is 0 Å². The van der Waals surface area contributed by atoms with Crippen molar-refractivity contribution in [2.45, 2.75) is 26.7 Å². The van der Waals surface area contributed by atoms with Gasteiger partial charge < -0.3 is 10.2 Å². The molecule has 1 aromatic heterocycles. The molecular weight excluding hydrogens is 324 g/mol. The standard InChI is InChI=1S/C18H21ClN4O/c1-12-7-9-23(10-8-12)17-11-16(20-13(2)21-17)18(24)22-15-5-3-14(19)4-6-15/h3-6,11-12H,7-10H2,1-2H3,(H,22,24). The number of rotatable bonds is 3. The fourth-order valence-electron chi connectivity index (χ4n) is 2.80. The van der Waals surface area contributed by atoms with E-state index in [4.69, 9.17) is 11.6 Å². The zero-order valence-corrected chi connectivity index (χ0v) is 14.7. The molecule has 5 nitrogen and oxygen atoms in total. The molecule has 1 aromatic carbocycles. The summed E-state index contributed by atoms with van der Waals surface area (Å²) in [5.41, 5.74) is 1.07. The molecule has 6 heteroatoms. The van der Waals surface area contributed by atoms with E-state index in [1.807, 2.05) is 6.92 Å². The van der Waals surface area contributed by atoms with Gasteiger partial charge >= 0.3 is 0 Å². The summed E-state index contributed by atoms with van der Waals surface area (Å²) in [5.74, 6) is 1.94. The molecule has 1 saturated heterocycles. The van der Waals surface area contributed by atoms with Gasteiger partial charge in [-0.3, -0.25) is 4.79 Å². The molecule has 1 aliphatic heterocycles. The van der Waals surface area contributed by atoms with Gasteiger partial charge in [0.1, 0.15) is 17.3 Å². The Balaban J connectivity index is 1.77. The predicted octanol–water partition coefficient (Wildman–Crippen LogP) is 3.93. The van der Waals surface area contributed by atoms with Gasteiger partial charge in [-0.05, 0) is 49.9 Å². The van der Waals surface area contributed by atoms with E-state index in [1.165, 1.54) is 0 Å². The quantitative estimate of drug-likeness (QED) is 0.916. The van der Waals surface area contributed by atoms with Crippen LogP contribution in [-0.4, -0.2) is 29.0 Å². The second-order valence-corrected chi connectivity index (χ2v) is 6.73. The van der Waals surface area contributed by atoms with Crippen molar-refractivity contribution < 1.29 is 4.79 Å². The van der Waals surface area contributed by atoms with Crippen LogP contribution in [0.5, 0.6) is 0 Å². The number of hydrogen-bond donors (Lipinski definition) is 1. The Morgan fingerprint density at radius 3 is 2.54 bits per heavy atom. The van der Waals surface area contributed by atoms with E-state index in [9.17, 15) is 4.79 Å². The van der Waals surface area contributed by atoms with Crippen LogP contribution >= 0.6 is 11.6 Å². The van der Waals surface area contributed by atoms with E-state index in [0.717, 1.165) is 37.7 Å². The lowest BCUT2D eigenvalue weighted by Gasteiger charge is -2.31. The average molecular weight is 345 g/mol. The molecule has 0 bridgehead atoms. The van der Waals surface area contributed by atoms with E-state index in [0.29, 0.717) is 22.2 Å². The summed E-state index contributed by atoms with van der Waals surface area (Å²) < 4.78 is 0. The number of carbonyl (C=O) groups excluding carboxylic acids is 1. The van der Waals surface area contributed by atoms with Gasteiger partial charge in [-0.1, -0.05) is 18.5 Å². The van der Waals surface area contributed by atoms with Crippen molar-refractivity contribution in [1.82, 2.24) is 9.97 Å². The van der Waals surface area contributed by atoms with Crippen LogP contribution in [0.2, 0.25) is 5.02 Å². The number of carbonyl (C=O) groups is 1. The topological polar surface area (TPSA) is 58.1 Å². The minimum absolute atomic E-state index is 0.241. The molecular formula is C18H21ClN4O. The lowest BCUT2D eigenvalue weighted by molar-refractivity contribution is 0.102. The maximum Gasteiger partial charge on any atom is 0.274 e. The van der Waals surface area contributed by atoms with Crippen LogP contribution in [0.1, 0.15) is 36.1 Å². The summed E-state index contributed by atoms with van der Waals surface area (Å²) in [7, 11) is 0. The lowest BCUT2D eigenvalue weighted by atomic mass is 9.99. The fraction of sp³-hybridized carbons (Fsp3) is 0.389. The smallest absolute Gasteiger partial charge is 0.274 e. The number of aryl methyl sites for hydroxylation is 1.